The highest BCUT2D eigenvalue weighted by Gasteiger charge is 2.18. The molecule has 3 rings (SSSR count). The molecule has 0 atom stereocenters. The van der Waals surface area contributed by atoms with Gasteiger partial charge in [-0.05, 0) is 49.7 Å². The lowest BCUT2D eigenvalue weighted by Gasteiger charge is -2.08. The predicted octanol–water partition coefficient (Wildman–Crippen LogP) is 3.50. The summed E-state index contributed by atoms with van der Waals surface area (Å²) in [5.41, 5.74) is 0.394. The number of halogens is 1. The third-order valence-corrected chi connectivity index (χ3v) is 4.66. The number of benzene rings is 1. The van der Waals surface area contributed by atoms with Crippen LogP contribution in [0.3, 0.4) is 0 Å². The first-order valence-electron chi connectivity index (χ1n) is 7.05. The molecule has 1 aliphatic rings. The van der Waals surface area contributed by atoms with Gasteiger partial charge in [0.05, 0.1) is 0 Å². The van der Waals surface area contributed by atoms with E-state index in [1.165, 1.54) is 37.2 Å². The first kappa shape index (κ1) is 14.3. The van der Waals surface area contributed by atoms with Crippen molar-refractivity contribution in [2.75, 3.05) is 0 Å². The highest BCUT2D eigenvalue weighted by molar-refractivity contribution is 7.99. The van der Waals surface area contributed by atoms with Crippen LogP contribution in [0.4, 0.5) is 4.39 Å². The average molecular weight is 305 g/mol. The molecule has 4 nitrogen and oxygen atoms in total. The van der Waals surface area contributed by atoms with E-state index in [1.54, 1.807) is 6.07 Å². The molecule has 2 heterocycles. The fourth-order valence-electron chi connectivity index (χ4n) is 2.50. The molecular weight excluding hydrogens is 289 g/mol. The molecule has 0 unspecified atom stereocenters. The molecule has 0 N–H and O–H groups in total. The highest BCUT2D eigenvalue weighted by atomic mass is 32.2. The lowest BCUT2D eigenvalue weighted by Crippen LogP contribution is -2.03. The van der Waals surface area contributed by atoms with Crippen molar-refractivity contribution in [1.82, 2.24) is 14.8 Å². The minimum absolute atomic E-state index is 0.146. The van der Waals surface area contributed by atoms with Gasteiger partial charge in [0.25, 0.3) is 0 Å². The molecule has 110 valence electrons. The molecule has 0 saturated carbocycles. The second-order valence-corrected chi connectivity index (χ2v) is 6.17. The molecule has 0 amide bonds. The Balaban J connectivity index is 1.94. The Labute approximate surface area is 126 Å². The van der Waals surface area contributed by atoms with Gasteiger partial charge in [0.1, 0.15) is 11.6 Å². The molecule has 0 aliphatic carbocycles. The number of hydrogen-bond acceptors (Lipinski definition) is 4. The van der Waals surface area contributed by atoms with Crippen molar-refractivity contribution in [3.63, 3.8) is 0 Å². The fourth-order valence-corrected chi connectivity index (χ4v) is 3.53. The number of ketones is 1. The first-order valence-corrected chi connectivity index (χ1v) is 7.87. The monoisotopic (exact) mass is 305 g/mol. The normalized spacial score (nSPS) is 14.6. The summed E-state index contributed by atoms with van der Waals surface area (Å²) in [6.07, 6.45) is 4.39. The number of aromatic nitrogens is 3. The van der Waals surface area contributed by atoms with Crippen LogP contribution >= 0.6 is 11.8 Å². The van der Waals surface area contributed by atoms with Gasteiger partial charge in [0.2, 0.25) is 0 Å². The summed E-state index contributed by atoms with van der Waals surface area (Å²) in [7, 11) is 0. The zero-order chi connectivity index (χ0) is 14.8. The number of Topliss-reactive ketones (excluding diaryl/α,β-unsaturated/α-hetero) is 1. The van der Waals surface area contributed by atoms with Crippen LogP contribution in [-0.2, 0) is 13.0 Å². The van der Waals surface area contributed by atoms with Crippen LogP contribution in [0.25, 0.3) is 0 Å². The Bertz CT molecular complexity index is 684. The zero-order valence-corrected chi connectivity index (χ0v) is 12.6. The van der Waals surface area contributed by atoms with Crippen molar-refractivity contribution < 1.29 is 9.18 Å². The maximum Gasteiger partial charge on any atom is 0.196 e. The number of rotatable bonds is 3. The van der Waals surface area contributed by atoms with Crippen LogP contribution in [0, 0.1) is 5.82 Å². The molecule has 2 aromatic rings. The standard InChI is InChI=1S/C15H16FN3OS/c1-10(20)12-9-11(16)6-7-13(12)21-15-18-17-14-5-3-2-4-8-19(14)15/h6-7,9H,2-5,8H2,1H3. The molecule has 21 heavy (non-hydrogen) atoms. The maximum absolute atomic E-state index is 13.3. The first-order chi connectivity index (χ1) is 10.1. The molecule has 0 bridgehead atoms. The van der Waals surface area contributed by atoms with E-state index in [9.17, 15) is 9.18 Å². The van der Waals surface area contributed by atoms with Gasteiger partial charge < -0.3 is 4.57 Å². The topological polar surface area (TPSA) is 47.8 Å². The summed E-state index contributed by atoms with van der Waals surface area (Å²) < 4.78 is 15.4. The molecular formula is C15H16FN3OS. The SMILES string of the molecule is CC(=O)c1cc(F)ccc1Sc1nnc2n1CCCCC2. The maximum atomic E-state index is 13.3. The molecule has 0 saturated heterocycles. The van der Waals surface area contributed by atoms with E-state index in [0.29, 0.717) is 5.56 Å². The Morgan fingerprint density at radius 1 is 1.29 bits per heavy atom. The predicted molar refractivity (Wildman–Crippen MR) is 78.1 cm³/mol. The van der Waals surface area contributed by atoms with Gasteiger partial charge in [-0.2, -0.15) is 0 Å². The Morgan fingerprint density at radius 2 is 2.14 bits per heavy atom. The van der Waals surface area contributed by atoms with E-state index >= 15 is 0 Å². The van der Waals surface area contributed by atoms with Crippen LogP contribution in [0.2, 0.25) is 0 Å². The van der Waals surface area contributed by atoms with E-state index in [0.717, 1.165) is 41.7 Å². The molecule has 0 spiro atoms. The summed E-state index contributed by atoms with van der Waals surface area (Å²) in [5.74, 6) is 0.457. The number of aryl methyl sites for hydroxylation is 1. The van der Waals surface area contributed by atoms with Crippen LogP contribution < -0.4 is 0 Å². The van der Waals surface area contributed by atoms with Crippen molar-refractivity contribution >= 4 is 17.5 Å². The van der Waals surface area contributed by atoms with Gasteiger partial charge in [-0.3, -0.25) is 4.79 Å². The molecule has 6 heteroatoms. The van der Waals surface area contributed by atoms with Crippen molar-refractivity contribution in [2.24, 2.45) is 0 Å². The van der Waals surface area contributed by atoms with E-state index in [-0.39, 0.29) is 5.78 Å². The van der Waals surface area contributed by atoms with Crippen molar-refractivity contribution in [3.05, 3.63) is 35.4 Å². The quantitative estimate of drug-likeness (QED) is 0.814. The molecule has 1 aliphatic heterocycles. The fraction of sp³-hybridized carbons (Fsp3) is 0.400. The molecule has 1 aromatic heterocycles. The van der Waals surface area contributed by atoms with Gasteiger partial charge in [-0.15, -0.1) is 10.2 Å². The number of carbonyl (C=O) groups excluding carboxylic acids is 1. The Morgan fingerprint density at radius 3 is 2.95 bits per heavy atom. The minimum Gasteiger partial charge on any atom is -0.306 e. The van der Waals surface area contributed by atoms with Crippen LogP contribution in [0.1, 0.15) is 42.4 Å². The number of nitrogens with zero attached hydrogens (tertiary/aromatic N) is 3. The number of fused-ring (bicyclic) bond motifs is 1. The summed E-state index contributed by atoms with van der Waals surface area (Å²) in [4.78, 5) is 12.4. The van der Waals surface area contributed by atoms with Gasteiger partial charge >= 0.3 is 0 Å². The van der Waals surface area contributed by atoms with Crippen molar-refractivity contribution in [2.45, 2.75) is 49.2 Å². The van der Waals surface area contributed by atoms with E-state index in [4.69, 9.17) is 0 Å². The third-order valence-electron chi connectivity index (χ3n) is 3.60. The van der Waals surface area contributed by atoms with Gasteiger partial charge in [-0.25, -0.2) is 4.39 Å². The lowest BCUT2D eigenvalue weighted by atomic mass is 10.1. The lowest BCUT2D eigenvalue weighted by molar-refractivity contribution is 0.101. The van der Waals surface area contributed by atoms with Crippen LogP contribution in [0.15, 0.2) is 28.3 Å². The second-order valence-electron chi connectivity index (χ2n) is 5.16. The molecule has 0 radical (unpaired) electrons. The summed E-state index contributed by atoms with van der Waals surface area (Å²) >= 11 is 1.38. The third kappa shape index (κ3) is 3.00. The highest BCUT2D eigenvalue weighted by Crippen LogP contribution is 2.31. The van der Waals surface area contributed by atoms with Crippen LogP contribution in [0.5, 0.6) is 0 Å². The molecule has 0 fully saturated rings. The van der Waals surface area contributed by atoms with Crippen LogP contribution in [-0.4, -0.2) is 20.5 Å². The Kier molecular flexibility index (Phi) is 4.05. The van der Waals surface area contributed by atoms with Gasteiger partial charge in [0.15, 0.2) is 10.9 Å². The summed E-state index contributed by atoms with van der Waals surface area (Å²) in [6, 6.07) is 4.29. The van der Waals surface area contributed by atoms with E-state index < -0.39 is 5.82 Å². The zero-order valence-electron chi connectivity index (χ0n) is 11.8. The van der Waals surface area contributed by atoms with Gasteiger partial charge in [0, 0.05) is 23.4 Å². The van der Waals surface area contributed by atoms with E-state index in [1.807, 2.05) is 0 Å². The smallest absolute Gasteiger partial charge is 0.196 e. The Hall–Kier alpha value is -1.69. The van der Waals surface area contributed by atoms with Crippen molar-refractivity contribution in [3.8, 4) is 0 Å². The van der Waals surface area contributed by atoms with E-state index in [2.05, 4.69) is 14.8 Å². The number of carbonyl (C=O) groups is 1. The second kappa shape index (κ2) is 5.97. The van der Waals surface area contributed by atoms with Gasteiger partial charge in [-0.1, -0.05) is 6.42 Å². The average Bonchev–Trinajstić information content (AvgIpc) is 2.69. The number of hydrogen-bond donors (Lipinski definition) is 0. The van der Waals surface area contributed by atoms with Crippen molar-refractivity contribution in [1.29, 1.82) is 0 Å². The summed E-state index contributed by atoms with van der Waals surface area (Å²) in [6.45, 7) is 2.35. The molecule has 1 aromatic carbocycles. The minimum atomic E-state index is -0.398. The largest absolute Gasteiger partial charge is 0.306 e. The summed E-state index contributed by atoms with van der Waals surface area (Å²) in [5, 5.41) is 9.25.